The summed E-state index contributed by atoms with van der Waals surface area (Å²) in [5.41, 5.74) is 1.26. The molecule has 0 saturated heterocycles. The van der Waals surface area contributed by atoms with Crippen molar-refractivity contribution in [3.63, 3.8) is 0 Å². The number of ether oxygens (including phenoxy) is 2. The fourth-order valence-electron chi connectivity index (χ4n) is 2.58. The van der Waals surface area contributed by atoms with Gasteiger partial charge in [0.25, 0.3) is 0 Å². The number of hydrogen-bond acceptors (Lipinski definition) is 3. The van der Waals surface area contributed by atoms with E-state index >= 15 is 0 Å². The lowest BCUT2D eigenvalue weighted by atomic mass is 10.1. The maximum absolute atomic E-state index is 5.66. The van der Waals surface area contributed by atoms with Crippen LogP contribution in [0.1, 0.15) is 25.3 Å². The third-order valence-electron chi connectivity index (χ3n) is 4.13. The lowest BCUT2D eigenvalue weighted by Gasteiger charge is -2.26. The first-order chi connectivity index (χ1) is 9.15. The maximum atomic E-state index is 5.66. The Bertz CT molecular complexity index is 473. The first kappa shape index (κ1) is 13.3. The Kier molecular flexibility index (Phi) is 3.72. The highest BCUT2D eigenvalue weighted by Gasteiger charge is 2.30. The Balaban J connectivity index is 1.76. The first-order valence-corrected chi connectivity index (χ1v) is 7.72. The van der Waals surface area contributed by atoms with Crippen molar-refractivity contribution in [1.82, 2.24) is 4.90 Å². The second kappa shape index (κ2) is 5.33. The largest absolute Gasteiger partial charge is 0.486 e. The summed E-state index contributed by atoms with van der Waals surface area (Å²) in [5.74, 6) is 2.61. The summed E-state index contributed by atoms with van der Waals surface area (Å²) in [7, 11) is 2.20. The third kappa shape index (κ3) is 2.90. The predicted octanol–water partition coefficient (Wildman–Crippen LogP) is 3.45. The molecule has 3 rings (SSSR count). The molecule has 0 N–H and O–H groups in total. The van der Waals surface area contributed by atoms with Gasteiger partial charge in [0.05, 0.1) is 0 Å². The van der Waals surface area contributed by atoms with Gasteiger partial charge in [0, 0.05) is 17.1 Å². The number of nitrogens with zero attached hydrogens (tertiary/aromatic N) is 1. The lowest BCUT2D eigenvalue weighted by molar-refractivity contribution is 0.170. The fraction of sp³-hybridized carbons (Fsp3) is 0.600. The molecule has 0 spiro atoms. The Morgan fingerprint density at radius 3 is 2.53 bits per heavy atom. The van der Waals surface area contributed by atoms with E-state index < -0.39 is 0 Å². The average Bonchev–Trinajstić information content (AvgIpc) is 3.23. The molecule has 1 saturated carbocycles. The third-order valence-corrected chi connectivity index (χ3v) is 4.87. The Morgan fingerprint density at radius 2 is 1.89 bits per heavy atom. The highest BCUT2D eigenvalue weighted by molar-refractivity contribution is 9.10. The molecule has 0 amide bonds. The maximum Gasteiger partial charge on any atom is 0.162 e. The lowest BCUT2D eigenvalue weighted by Crippen LogP contribution is -2.30. The molecule has 3 nitrogen and oxygen atoms in total. The van der Waals surface area contributed by atoms with Crippen molar-refractivity contribution in [2.75, 3.05) is 20.3 Å². The summed E-state index contributed by atoms with van der Waals surface area (Å²) in [5, 5.41) is 0. The van der Waals surface area contributed by atoms with Crippen LogP contribution in [0.5, 0.6) is 11.5 Å². The summed E-state index contributed by atoms with van der Waals surface area (Å²) in [6.45, 7) is 4.54. The minimum absolute atomic E-state index is 0.636. The van der Waals surface area contributed by atoms with Gasteiger partial charge in [-0.3, -0.25) is 4.90 Å². The van der Waals surface area contributed by atoms with Crippen LogP contribution in [0.15, 0.2) is 16.6 Å². The number of fused-ring (bicyclic) bond motifs is 1. The number of halogens is 1. The average molecular weight is 326 g/mol. The second-order valence-electron chi connectivity index (χ2n) is 5.58. The van der Waals surface area contributed by atoms with Gasteiger partial charge < -0.3 is 9.47 Å². The van der Waals surface area contributed by atoms with E-state index in [0.717, 1.165) is 28.4 Å². The van der Waals surface area contributed by atoms with Gasteiger partial charge in [-0.1, -0.05) is 15.9 Å². The highest BCUT2D eigenvalue weighted by atomic mass is 79.9. The molecule has 0 bridgehead atoms. The summed E-state index contributed by atoms with van der Waals surface area (Å²) < 4.78 is 12.4. The smallest absolute Gasteiger partial charge is 0.162 e. The van der Waals surface area contributed by atoms with Gasteiger partial charge in [0.1, 0.15) is 13.2 Å². The van der Waals surface area contributed by atoms with Gasteiger partial charge in [-0.25, -0.2) is 0 Å². The van der Waals surface area contributed by atoms with Gasteiger partial charge in [0.15, 0.2) is 11.5 Å². The van der Waals surface area contributed by atoms with Crippen molar-refractivity contribution in [3.8, 4) is 11.5 Å². The van der Waals surface area contributed by atoms with Gasteiger partial charge >= 0.3 is 0 Å². The van der Waals surface area contributed by atoms with E-state index in [9.17, 15) is 0 Å². The Labute approximate surface area is 123 Å². The minimum atomic E-state index is 0.636. The van der Waals surface area contributed by atoms with E-state index in [-0.39, 0.29) is 0 Å². The van der Waals surface area contributed by atoms with Crippen LogP contribution >= 0.6 is 15.9 Å². The van der Waals surface area contributed by atoms with Crippen LogP contribution < -0.4 is 9.47 Å². The SMILES string of the molecule is CC(C1CC1)N(C)Cc1cc2c(cc1Br)OCCO2. The van der Waals surface area contributed by atoms with Crippen molar-refractivity contribution in [2.45, 2.75) is 32.4 Å². The van der Waals surface area contributed by atoms with Crippen LogP contribution in [-0.2, 0) is 6.54 Å². The molecule has 0 aromatic heterocycles. The van der Waals surface area contributed by atoms with Gasteiger partial charge in [-0.15, -0.1) is 0 Å². The monoisotopic (exact) mass is 325 g/mol. The van der Waals surface area contributed by atoms with Crippen molar-refractivity contribution < 1.29 is 9.47 Å². The summed E-state index contributed by atoms with van der Waals surface area (Å²) >= 11 is 3.64. The number of benzene rings is 1. The second-order valence-corrected chi connectivity index (χ2v) is 6.43. The highest BCUT2D eigenvalue weighted by Crippen LogP contribution is 2.38. The van der Waals surface area contributed by atoms with Gasteiger partial charge in [-0.2, -0.15) is 0 Å². The zero-order chi connectivity index (χ0) is 13.4. The van der Waals surface area contributed by atoms with E-state index in [1.807, 2.05) is 6.07 Å². The Hall–Kier alpha value is -0.740. The van der Waals surface area contributed by atoms with E-state index in [1.165, 1.54) is 18.4 Å². The normalized spacial score (nSPS) is 19.6. The summed E-state index contributed by atoms with van der Waals surface area (Å²) in [6, 6.07) is 4.79. The molecule has 19 heavy (non-hydrogen) atoms. The van der Waals surface area contributed by atoms with Gasteiger partial charge in [-0.05, 0) is 50.4 Å². The van der Waals surface area contributed by atoms with Crippen LogP contribution in [0.2, 0.25) is 0 Å². The van der Waals surface area contributed by atoms with Gasteiger partial charge in [0.2, 0.25) is 0 Å². The van der Waals surface area contributed by atoms with Crippen molar-refractivity contribution >= 4 is 15.9 Å². The number of hydrogen-bond donors (Lipinski definition) is 0. The van der Waals surface area contributed by atoms with E-state index in [4.69, 9.17) is 9.47 Å². The molecule has 1 aromatic rings. The molecule has 1 aromatic carbocycles. The standard InChI is InChI=1S/C15H20BrNO2/c1-10(11-3-4-11)17(2)9-12-7-14-15(8-13(12)16)19-6-5-18-14/h7-8,10-11H,3-6,9H2,1-2H3. The molecule has 0 radical (unpaired) electrons. The van der Waals surface area contributed by atoms with E-state index in [0.29, 0.717) is 19.3 Å². The summed E-state index contributed by atoms with van der Waals surface area (Å²) in [4.78, 5) is 2.42. The molecular weight excluding hydrogens is 306 g/mol. The quantitative estimate of drug-likeness (QED) is 0.846. The van der Waals surface area contributed by atoms with E-state index in [1.54, 1.807) is 0 Å². The van der Waals surface area contributed by atoms with Crippen molar-refractivity contribution in [3.05, 3.63) is 22.2 Å². The molecule has 1 heterocycles. The molecule has 1 unspecified atom stereocenters. The Morgan fingerprint density at radius 1 is 1.26 bits per heavy atom. The molecule has 4 heteroatoms. The summed E-state index contributed by atoms with van der Waals surface area (Å²) in [6.07, 6.45) is 2.77. The number of rotatable bonds is 4. The van der Waals surface area contributed by atoms with Crippen LogP contribution in [0, 0.1) is 5.92 Å². The molecule has 2 aliphatic rings. The molecule has 1 fully saturated rings. The van der Waals surface area contributed by atoms with Crippen LogP contribution in [0.3, 0.4) is 0 Å². The van der Waals surface area contributed by atoms with Crippen molar-refractivity contribution in [2.24, 2.45) is 5.92 Å². The first-order valence-electron chi connectivity index (χ1n) is 6.93. The molecule has 1 aliphatic heterocycles. The molecule has 1 aliphatic carbocycles. The van der Waals surface area contributed by atoms with Crippen LogP contribution in [0.4, 0.5) is 0 Å². The molecule has 1 atom stereocenters. The van der Waals surface area contributed by atoms with E-state index in [2.05, 4.69) is 40.9 Å². The molecular formula is C15H20BrNO2. The minimum Gasteiger partial charge on any atom is -0.486 e. The topological polar surface area (TPSA) is 21.7 Å². The predicted molar refractivity (Wildman–Crippen MR) is 78.8 cm³/mol. The van der Waals surface area contributed by atoms with Crippen molar-refractivity contribution in [1.29, 1.82) is 0 Å². The van der Waals surface area contributed by atoms with Crippen LogP contribution in [0.25, 0.3) is 0 Å². The molecule has 104 valence electrons. The van der Waals surface area contributed by atoms with Crippen LogP contribution in [-0.4, -0.2) is 31.2 Å². The fourth-order valence-corrected chi connectivity index (χ4v) is 3.03. The zero-order valence-corrected chi connectivity index (χ0v) is 13.1. The zero-order valence-electron chi connectivity index (χ0n) is 11.5.